The quantitative estimate of drug-likeness (QED) is 0.807. The van der Waals surface area contributed by atoms with Crippen LogP contribution in [-0.4, -0.2) is 17.1 Å². The Labute approximate surface area is 138 Å². The number of carboxylic acids is 1. The molecule has 3 atom stereocenters. The normalized spacial score (nSPS) is 14.9. The maximum Gasteiger partial charge on any atom is 0.310 e. The smallest absolute Gasteiger partial charge is 0.310 e. The fraction of sp³-hybridized carbons (Fsp3) is 0.350. The van der Waals surface area contributed by atoms with E-state index in [0.717, 1.165) is 17.5 Å². The molecule has 23 heavy (non-hydrogen) atoms. The Morgan fingerprint density at radius 2 is 1.65 bits per heavy atom. The molecule has 0 amide bonds. The number of benzene rings is 2. The van der Waals surface area contributed by atoms with Crippen molar-refractivity contribution in [1.82, 2.24) is 5.32 Å². The zero-order valence-electron chi connectivity index (χ0n) is 14.0. The van der Waals surface area contributed by atoms with Gasteiger partial charge < -0.3 is 10.4 Å². The molecule has 0 bridgehead atoms. The molecule has 2 N–H and O–H groups in total. The standard InChI is InChI=1S/C20H25NO2/c1-14(21-16(3)18-9-5-4-6-10-18)12-17-8-7-11-19(13-17)15(2)20(22)23/h4-11,13-16,21H,12H2,1-3H3,(H,22,23)/t14-,15?,16-/m0/s1. The summed E-state index contributed by atoms with van der Waals surface area (Å²) in [5, 5.41) is 12.7. The van der Waals surface area contributed by atoms with E-state index in [1.807, 2.05) is 24.3 Å². The first-order valence-electron chi connectivity index (χ1n) is 8.10. The van der Waals surface area contributed by atoms with Gasteiger partial charge in [-0.1, -0.05) is 54.6 Å². The van der Waals surface area contributed by atoms with Gasteiger partial charge in [0.1, 0.15) is 0 Å². The topological polar surface area (TPSA) is 49.3 Å². The first kappa shape index (κ1) is 17.2. The van der Waals surface area contributed by atoms with Gasteiger partial charge in [-0.2, -0.15) is 0 Å². The second-order valence-corrected chi connectivity index (χ2v) is 6.21. The summed E-state index contributed by atoms with van der Waals surface area (Å²) < 4.78 is 0. The van der Waals surface area contributed by atoms with Crippen molar-refractivity contribution in [3.8, 4) is 0 Å². The van der Waals surface area contributed by atoms with Crippen LogP contribution in [0.15, 0.2) is 54.6 Å². The van der Waals surface area contributed by atoms with Gasteiger partial charge in [-0.05, 0) is 43.9 Å². The average Bonchev–Trinajstić information content (AvgIpc) is 2.55. The van der Waals surface area contributed by atoms with Gasteiger partial charge >= 0.3 is 5.97 Å². The molecule has 2 aromatic carbocycles. The second-order valence-electron chi connectivity index (χ2n) is 6.21. The lowest BCUT2D eigenvalue weighted by Gasteiger charge is -2.21. The highest BCUT2D eigenvalue weighted by atomic mass is 16.4. The van der Waals surface area contributed by atoms with Crippen LogP contribution < -0.4 is 5.32 Å². The molecule has 3 nitrogen and oxygen atoms in total. The summed E-state index contributed by atoms with van der Waals surface area (Å²) in [6, 6.07) is 18.9. The molecule has 0 aliphatic rings. The lowest BCUT2D eigenvalue weighted by atomic mass is 9.96. The van der Waals surface area contributed by atoms with Crippen molar-refractivity contribution in [3.05, 3.63) is 71.3 Å². The van der Waals surface area contributed by atoms with E-state index in [1.165, 1.54) is 5.56 Å². The zero-order valence-corrected chi connectivity index (χ0v) is 14.0. The summed E-state index contributed by atoms with van der Waals surface area (Å²) in [4.78, 5) is 11.1. The number of carboxylic acid groups (broad SMARTS) is 1. The predicted octanol–water partition coefficient (Wildman–Crippen LogP) is 4.16. The molecular formula is C20H25NO2. The molecule has 0 aliphatic heterocycles. The highest BCUT2D eigenvalue weighted by Crippen LogP contribution is 2.18. The summed E-state index contributed by atoms with van der Waals surface area (Å²) >= 11 is 0. The van der Waals surface area contributed by atoms with Crippen molar-refractivity contribution in [2.24, 2.45) is 0 Å². The molecule has 1 unspecified atom stereocenters. The van der Waals surface area contributed by atoms with E-state index in [0.29, 0.717) is 6.04 Å². The molecule has 122 valence electrons. The molecule has 0 fully saturated rings. The fourth-order valence-corrected chi connectivity index (χ4v) is 2.81. The van der Waals surface area contributed by atoms with E-state index in [9.17, 15) is 4.79 Å². The summed E-state index contributed by atoms with van der Waals surface area (Å²) in [6.45, 7) is 6.04. The lowest BCUT2D eigenvalue weighted by molar-refractivity contribution is -0.138. The van der Waals surface area contributed by atoms with Crippen molar-refractivity contribution in [3.63, 3.8) is 0 Å². The van der Waals surface area contributed by atoms with Crippen LogP contribution in [0, 0.1) is 0 Å². The number of hydrogen-bond acceptors (Lipinski definition) is 2. The number of hydrogen-bond donors (Lipinski definition) is 2. The molecule has 0 aromatic heterocycles. The third-order valence-corrected chi connectivity index (χ3v) is 4.20. The molecule has 0 saturated heterocycles. The summed E-state index contributed by atoms with van der Waals surface area (Å²) in [5.74, 6) is -1.26. The highest BCUT2D eigenvalue weighted by molar-refractivity contribution is 5.75. The van der Waals surface area contributed by atoms with E-state index in [-0.39, 0.29) is 6.04 Å². The number of carbonyl (C=O) groups is 1. The highest BCUT2D eigenvalue weighted by Gasteiger charge is 2.15. The van der Waals surface area contributed by atoms with Crippen molar-refractivity contribution in [2.75, 3.05) is 0 Å². The molecule has 0 radical (unpaired) electrons. The Morgan fingerprint density at radius 1 is 1.00 bits per heavy atom. The van der Waals surface area contributed by atoms with Gasteiger partial charge in [0.05, 0.1) is 5.92 Å². The fourth-order valence-electron chi connectivity index (χ4n) is 2.81. The number of aliphatic carboxylic acids is 1. The third kappa shape index (κ3) is 4.93. The maximum atomic E-state index is 11.1. The van der Waals surface area contributed by atoms with Crippen LogP contribution in [0.5, 0.6) is 0 Å². The first-order chi connectivity index (χ1) is 11.0. The molecule has 2 aromatic rings. The Hall–Kier alpha value is -2.13. The van der Waals surface area contributed by atoms with Gasteiger partial charge in [-0.25, -0.2) is 0 Å². The van der Waals surface area contributed by atoms with Gasteiger partial charge in [-0.3, -0.25) is 4.79 Å². The minimum atomic E-state index is -0.786. The van der Waals surface area contributed by atoms with Crippen LogP contribution in [0.1, 0.15) is 49.4 Å². The third-order valence-electron chi connectivity index (χ3n) is 4.20. The van der Waals surface area contributed by atoms with Gasteiger partial charge in [-0.15, -0.1) is 0 Å². The van der Waals surface area contributed by atoms with E-state index < -0.39 is 11.9 Å². The van der Waals surface area contributed by atoms with E-state index in [2.05, 4.69) is 49.5 Å². The molecule has 3 heteroatoms. The maximum absolute atomic E-state index is 11.1. The van der Waals surface area contributed by atoms with Crippen LogP contribution in [0.3, 0.4) is 0 Å². The predicted molar refractivity (Wildman–Crippen MR) is 93.7 cm³/mol. The Balaban J connectivity index is 1.99. The largest absolute Gasteiger partial charge is 0.481 e. The van der Waals surface area contributed by atoms with Crippen molar-refractivity contribution >= 4 is 5.97 Å². The summed E-state index contributed by atoms with van der Waals surface area (Å²) in [5.41, 5.74) is 3.29. The van der Waals surface area contributed by atoms with Crippen molar-refractivity contribution in [2.45, 2.75) is 45.2 Å². The molecule has 2 rings (SSSR count). The van der Waals surface area contributed by atoms with Crippen LogP contribution in [0.25, 0.3) is 0 Å². The van der Waals surface area contributed by atoms with Gasteiger partial charge in [0.15, 0.2) is 0 Å². The SMILES string of the molecule is CC(C(=O)O)c1cccc(C[C@H](C)N[C@@H](C)c2ccccc2)c1. The minimum Gasteiger partial charge on any atom is -0.481 e. The van der Waals surface area contributed by atoms with Crippen molar-refractivity contribution in [1.29, 1.82) is 0 Å². The average molecular weight is 311 g/mol. The second kappa shape index (κ2) is 7.93. The summed E-state index contributed by atoms with van der Waals surface area (Å²) in [6.07, 6.45) is 0.872. The molecule has 0 spiro atoms. The Bertz CT molecular complexity index is 639. The zero-order chi connectivity index (χ0) is 16.8. The van der Waals surface area contributed by atoms with Crippen LogP contribution in [0.2, 0.25) is 0 Å². The van der Waals surface area contributed by atoms with E-state index in [4.69, 9.17) is 5.11 Å². The molecule has 0 saturated carbocycles. The molecule has 0 heterocycles. The van der Waals surface area contributed by atoms with Gasteiger partial charge in [0.2, 0.25) is 0 Å². The number of nitrogens with one attached hydrogen (secondary N) is 1. The van der Waals surface area contributed by atoms with Gasteiger partial charge in [0, 0.05) is 12.1 Å². The minimum absolute atomic E-state index is 0.285. The number of rotatable bonds is 7. The van der Waals surface area contributed by atoms with E-state index in [1.54, 1.807) is 6.92 Å². The van der Waals surface area contributed by atoms with E-state index >= 15 is 0 Å². The summed E-state index contributed by atoms with van der Waals surface area (Å²) in [7, 11) is 0. The monoisotopic (exact) mass is 311 g/mol. The van der Waals surface area contributed by atoms with Crippen LogP contribution in [-0.2, 0) is 11.2 Å². The van der Waals surface area contributed by atoms with Crippen molar-refractivity contribution < 1.29 is 9.90 Å². The molecule has 0 aliphatic carbocycles. The van der Waals surface area contributed by atoms with Crippen LogP contribution in [0.4, 0.5) is 0 Å². The Morgan fingerprint density at radius 3 is 2.30 bits per heavy atom. The van der Waals surface area contributed by atoms with Gasteiger partial charge in [0.25, 0.3) is 0 Å². The first-order valence-corrected chi connectivity index (χ1v) is 8.10. The lowest BCUT2D eigenvalue weighted by Crippen LogP contribution is -2.30. The Kier molecular flexibility index (Phi) is 5.94. The van der Waals surface area contributed by atoms with Crippen LogP contribution >= 0.6 is 0 Å². The molecular weight excluding hydrogens is 286 g/mol.